The Morgan fingerprint density at radius 3 is 2.80 bits per heavy atom. The van der Waals surface area contributed by atoms with E-state index >= 15 is 0 Å². The Hall–Kier alpha value is -1.75. The molecule has 6 heteroatoms. The number of halogens is 1. The summed E-state index contributed by atoms with van der Waals surface area (Å²) in [6, 6.07) is 4.86. The lowest BCUT2D eigenvalue weighted by Crippen LogP contribution is -2.37. The number of fused-ring (bicyclic) bond motifs is 1. The van der Waals surface area contributed by atoms with E-state index in [0.717, 1.165) is 0 Å². The predicted octanol–water partition coefficient (Wildman–Crippen LogP) is 2.63. The summed E-state index contributed by atoms with van der Waals surface area (Å²) in [5.41, 5.74) is -0.162. The first-order valence-electron chi connectivity index (χ1n) is 6.22. The smallest absolute Gasteiger partial charge is 0.322 e. The number of benzene rings is 1. The van der Waals surface area contributed by atoms with Crippen LogP contribution < -0.4 is 10.1 Å². The first kappa shape index (κ1) is 14.7. The van der Waals surface area contributed by atoms with E-state index in [0.29, 0.717) is 16.5 Å². The molecule has 1 amide bonds. The maximum atomic E-state index is 12.1. The minimum atomic E-state index is -1.000. The van der Waals surface area contributed by atoms with E-state index in [1.165, 1.54) is 0 Å². The number of nitrogens with one attached hydrogen (secondary N) is 1. The van der Waals surface area contributed by atoms with Crippen LogP contribution in [0, 0.1) is 5.92 Å². The van der Waals surface area contributed by atoms with Gasteiger partial charge in [-0.3, -0.25) is 9.59 Å². The zero-order chi connectivity index (χ0) is 14.9. The Balaban J connectivity index is 2.17. The lowest BCUT2D eigenvalue weighted by atomic mass is 10.1. The zero-order valence-electron chi connectivity index (χ0n) is 11.5. The minimum absolute atomic E-state index is 0.0753. The summed E-state index contributed by atoms with van der Waals surface area (Å²) < 4.78 is 10.7. The van der Waals surface area contributed by atoms with Crippen molar-refractivity contribution in [2.45, 2.75) is 26.4 Å². The van der Waals surface area contributed by atoms with Crippen LogP contribution in [-0.2, 0) is 14.3 Å². The van der Waals surface area contributed by atoms with E-state index in [1.807, 2.05) is 0 Å². The largest absolute Gasteiger partial charge is 0.490 e. The standard InChI is InChI=1S/C14H16ClNO4/c1-14(2,3)20-13(18)9-7-19-11-6-8(15)4-5-10(11)16-12(9)17/h4-6,9H,7H2,1-3H3,(H,16,17)/t9-/m1/s1. The van der Waals surface area contributed by atoms with Gasteiger partial charge in [-0.15, -0.1) is 0 Å². The summed E-state index contributed by atoms with van der Waals surface area (Å²) in [6.07, 6.45) is 0. The average molecular weight is 298 g/mol. The highest BCUT2D eigenvalue weighted by atomic mass is 35.5. The Morgan fingerprint density at radius 2 is 2.15 bits per heavy atom. The van der Waals surface area contributed by atoms with Gasteiger partial charge < -0.3 is 14.8 Å². The van der Waals surface area contributed by atoms with Gasteiger partial charge in [-0.2, -0.15) is 0 Å². The molecule has 0 saturated heterocycles. The Kier molecular flexibility index (Phi) is 3.90. The third-order valence-corrected chi connectivity index (χ3v) is 2.85. The van der Waals surface area contributed by atoms with Crippen molar-refractivity contribution >= 4 is 29.2 Å². The Bertz CT molecular complexity index is 551. The SMILES string of the molecule is CC(C)(C)OC(=O)[C@@H]1COc2cc(Cl)ccc2NC1=O. The van der Waals surface area contributed by atoms with Gasteiger partial charge in [0.1, 0.15) is 18.0 Å². The van der Waals surface area contributed by atoms with Gasteiger partial charge >= 0.3 is 5.97 Å². The van der Waals surface area contributed by atoms with Gasteiger partial charge in [-0.05, 0) is 32.9 Å². The van der Waals surface area contributed by atoms with E-state index in [9.17, 15) is 9.59 Å². The number of carbonyl (C=O) groups excluding carboxylic acids is 2. The van der Waals surface area contributed by atoms with Crippen LogP contribution in [0.3, 0.4) is 0 Å². The summed E-state index contributed by atoms with van der Waals surface area (Å²) in [7, 11) is 0. The van der Waals surface area contributed by atoms with Crippen molar-refractivity contribution in [2.75, 3.05) is 11.9 Å². The van der Waals surface area contributed by atoms with Crippen LogP contribution in [0.2, 0.25) is 5.02 Å². The molecule has 1 aliphatic heterocycles. The van der Waals surface area contributed by atoms with Crippen LogP contribution in [0.1, 0.15) is 20.8 Å². The summed E-state index contributed by atoms with van der Waals surface area (Å²) in [5.74, 6) is -1.61. The summed E-state index contributed by atoms with van der Waals surface area (Å²) in [4.78, 5) is 24.1. The highest BCUT2D eigenvalue weighted by Gasteiger charge is 2.34. The number of hydrogen-bond acceptors (Lipinski definition) is 4. The minimum Gasteiger partial charge on any atom is -0.490 e. The molecular formula is C14H16ClNO4. The van der Waals surface area contributed by atoms with Crippen molar-refractivity contribution in [3.63, 3.8) is 0 Å². The summed E-state index contributed by atoms with van der Waals surface area (Å²) >= 11 is 5.87. The number of hydrogen-bond donors (Lipinski definition) is 1. The molecule has 1 aromatic carbocycles. The lowest BCUT2D eigenvalue weighted by Gasteiger charge is -2.22. The van der Waals surface area contributed by atoms with Crippen LogP contribution in [-0.4, -0.2) is 24.1 Å². The maximum absolute atomic E-state index is 12.1. The van der Waals surface area contributed by atoms with Gasteiger partial charge in [0.2, 0.25) is 5.91 Å². The van der Waals surface area contributed by atoms with Gasteiger partial charge in [0.05, 0.1) is 5.69 Å². The van der Waals surface area contributed by atoms with Crippen molar-refractivity contribution in [3.05, 3.63) is 23.2 Å². The van der Waals surface area contributed by atoms with Gasteiger partial charge in [-0.25, -0.2) is 0 Å². The fraction of sp³-hybridized carbons (Fsp3) is 0.429. The molecule has 1 heterocycles. The molecule has 0 aliphatic carbocycles. The normalized spacial score (nSPS) is 18.4. The first-order chi connectivity index (χ1) is 9.26. The highest BCUT2D eigenvalue weighted by Crippen LogP contribution is 2.31. The number of rotatable bonds is 1. The third-order valence-electron chi connectivity index (χ3n) is 2.61. The van der Waals surface area contributed by atoms with Crippen LogP contribution in [0.25, 0.3) is 0 Å². The summed E-state index contributed by atoms with van der Waals surface area (Å²) in [5, 5.41) is 3.14. The van der Waals surface area contributed by atoms with Gasteiger partial charge in [0.15, 0.2) is 5.92 Å². The van der Waals surface area contributed by atoms with Crippen molar-refractivity contribution < 1.29 is 19.1 Å². The van der Waals surface area contributed by atoms with Crippen molar-refractivity contribution in [1.29, 1.82) is 0 Å². The molecule has 1 aliphatic rings. The lowest BCUT2D eigenvalue weighted by molar-refractivity contribution is -0.162. The molecule has 0 aromatic heterocycles. The van der Waals surface area contributed by atoms with Crippen LogP contribution in [0.15, 0.2) is 18.2 Å². The molecule has 0 fully saturated rings. The Labute approximate surface area is 122 Å². The molecule has 1 N–H and O–H groups in total. The van der Waals surface area contributed by atoms with Crippen LogP contribution in [0.5, 0.6) is 5.75 Å². The molecule has 0 saturated carbocycles. The van der Waals surface area contributed by atoms with E-state index in [4.69, 9.17) is 21.1 Å². The monoisotopic (exact) mass is 297 g/mol. The highest BCUT2D eigenvalue weighted by molar-refractivity contribution is 6.30. The fourth-order valence-electron chi connectivity index (χ4n) is 1.74. The molecule has 0 unspecified atom stereocenters. The molecule has 5 nitrogen and oxygen atoms in total. The van der Waals surface area contributed by atoms with E-state index in [1.54, 1.807) is 39.0 Å². The van der Waals surface area contributed by atoms with E-state index in [2.05, 4.69) is 5.32 Å². The molecule has 20 heavy (non-hydrogen) atoms. The second kappa shape index (κ2) is 5.32. The van der Waals surface area contributed by atoms with Crippen molar-refractivity contribution in [3.8, 4) is 5.75 Å². The molecule has 0 spiro atoms. The number of carbonyl (C=O) groups is 2. The van der Waals surface area contributed by atoms with Gasteiger partial charge in [0, 0.05) is 11.1 Å². The predicted molar refractivity (Wildman–Crippen MR) is 74.9 cm³/mol. The van der Waals surface area contributed by atoms with E-state index < -0.39 is 23.4 Å². The van der Waals surface area contributed by atoms with E-state index in [-0.39, 0.29) is 6.61 Å². The van der Waals surface area contributed by atoms with Crippen LogP contribution >= 0.6 is 11.6 Å². The molecule has 1 atom stereocenters. The fourth-order valence-corrected chi connectivity index (χ4v) is 1.90. The molecule has 2 rings (SSSR count). The number of amides is 1. The molecule has 0 radical (unpaired) electrons. The quantitative estimate of drug-likeness (QED) is 0.639. The van der Waals surface area contributed by atoms with Crippen molar-refractivity contribution in [2.24, 2.45) is 5.92 Å². The zero-order valence-corrected chi connectivity index (χ0v) is 12.3. The summed E-state index contributed by atoms with van der Waals surface area (Å²) in [6.45, 7) is 5.16. The molecule has 108 valence electrons. The second-order valence-electron chi connectivity index (χ2n) is 5.53. The molecular weight excluding hydrogens is 282 g/mol. The second-order valence-corrected chi connectivity index (χ2v) is 5.96. The molecule has 1 aromatic rings. The van der Waals surface area contributed by atoms with Gasteiger partial charge in [0.25, 0.3) is 0 Å². The molecule has 0 bridgehead atoms. The maximum Gasteiger partial charge on any atom is 0.322 e. The number of anilines is 1. The topological polar surface area (TPSA) is 64.6 Å². The average Bonchev–Trinajstić information content (AvgIpc) is 2.45. The number of ether oxygens (including phenoxy) is 2. The number of esters is 1. The first-order valence-corrected chi connectivity index (χ1v) is 6.60. The van der Waals surface area contributed by atoms with Crippen molar-refractivity contribution in [1.82, 2.24) is 0 Å². The third kappa shape index (κ3) is 3.42. The van der Waals surface area contributed by atoms with Crippen LogP contribution in [0.4, 0.5) is 5.69 Å². The Morgan fingerprint density at radius 1 is 1.45 bits per heavy atom. The van der Waals surface area contributed by atoms with Gasteiger partial charge in [-0.1, -0.05) is 11.6 Å².